The number of ketones is 1. The molecule has 0 bridgehead atoms. The molecule has 2 aromatic carbocycles. The number of Topliss-reactive ketones (excluding diaryl/α,β-unsaturated/α-hetero) is 1. The van der Waals surface area contributed by atoms with E-state index in [-0.39, 0.29) is 30.5 Å². The van der Waals surface area contributed by atoms with Crippen molar-refractivity contribution in [3.05, 3.63) is 94.0 Å². The summed E-state index contributed by atoms with van der Waals surface area (Å²) in [4.78, 5) is 26.7. The highest BCUT2D eigenvalue weighted by Crippen LogP contribution is 2.47. The maximum absolute atomic E-state index is 13.7. The Morgan fingerprint density at radius 2 is 1.94 bits per heavy atom. The second-order valence-corrected chi connectivity index (χ2v) is 10.3. The van der Waals surface area contributed by atoms with Gasteiger partial charge in [0.05, 0.1) is 0 Å². The first-order valence-corrected chi connectivity index (χ1v) is 12.9. The molecule has 4 nitrogen and oxygen atoms in total. The Morgan fingerprint density at radius 3 is 2.65 bits per heavy atom. The summed E-state index contributed by atoms with van der Waals surface area (Å²) in [5, 5.41) is 3.88. The number of hydrogen-bond acceptors (Lipinski definition) is 5. The molecule has 3 atom stereocenters. The van der Waals surface area contributed by atoms with Crippen LogP contribution in [-0.4, -0.2) is 29.9 Å². The van der Waals surface area contributed by atoms with Crippen LogP contribution in [0, 0.1) is 11.7 Å². The Labute approximate surface area is 208 Å². The molecule has 2 aliphatic rings. The predicted octanol–water partition coefficient (Wildman–Crippen LogP) is 5.99. The lowest BCUT2D eigenvalue weighted by Gasteiger charge is -2.40. The molecule has 0 aromatic heterocycles. The predicted molar refractivity (Wildman–Crippen MR) is 134 cm³/mol. The summed E-state index contributed by atoms with van der Waals surface area (Å²) >= 11 is 8.10. The monoisotopic (exact) mass is 499 g/mol. The third kappa shape index (κ3) is 5.08. The standard InChI is InChI=1S/C27H27ClFNO3S/c1-3-34-13-12-33-27(32)24-16(2)30-22-14-18(20-6-4-5-7-21(20)28)15-23(31)26(22)25(24)17-8-10-19(29)11-9-17/h4-11,18,24-25,30H,2-3,12-15H2,1H3. The minimum Gasteiger partial charge on any atom is -0.464 e. The van der Waals surface area contributed by atoms with Gasteiger partial charge in [0, 0.05) is 40.1 Å². The molecule has 1 heterocycles. The van der Waals surface area contributed by atoms with E-state index in [1.165, 1.54) is 12.1 Å². The summed E-state index contributed by atoms with van der Waals surface area (Å²) in [5.41, 5.74) is 3.38. The maximum Gasteiger partial charge on any atom is 0.315 e. The van der Waals surface area contributed by atoms with Gasteiger partial charge in [0.2, 0.25) is 0 Å². The van der Waals surface area contributed by atoms with Crippen LogP contribution < -0.4 is 5.32 Å². The van der Waals surface area contributed by atoms with Gasteiger partial charge in [0.25, 0.3) is 0 Å². The van der Waals surface area contributed by atoms with E-state index >= 15 is 0 Å². The van der Waals surface area contributed by atoms with Crippen molar-refractivity contribution in [2.75, 3.05) is 18.1 Å². The van der Waals surface area contributed by atoms with Crippen LogP contribution in [0.15, 0.2) is 72.1 Å². The first-order chi connectivity index (χ1) is 16.4. The number of benzene rings is 2. The van der Waals surface area contributed by atoms with Crippen molar-refractivity contribution in [2.45, 2.75) is 31.6 Å². The van der Waals surface area contributed by atoms with Crippen molar-refractivity contribution in [1.82, 2.24) is 5.32 Å². The summed E-state index contributed by atoms with van der Waals surface area (Å²) in [6.45, 7) is 6.45. The van der Waals surface area contributed by atoms with Gasteiger partial charge in [-0.1, -0.05) is 55.4 Å². The number of esters is 1. The first-order valence-electron chi connectivity index (χ1n) is 11.4. The quantitative estimate of drug-likeness (QED) is 0.374. The molecule has 178 valence electrons. The fourth-order valence-corrected chi connectivity index (χ4v) is 5.60. The Balaban J connectivity index is 1.71. The molecule has 4 rings (SSSR count). The fourth-order valence-electron chi connectivity index (χ4n) is 4.82. The average Bonchev–Trinajstić information content (AvgIpc) is 2.81. The molecule has 0 saturated carbocycles. The minimum atomic E-state index is -0.781. The molecule has 0 saturated heterocycles. The largest absolute Gasteiger partial charge is 0.464 e. The van der Waals surface area contributed by atoms with Gasteiger partial charge in [-0.25, -0.2) is 4.39 Å². The highest BCUT2D eigenvalue weighted by Gasteiger charge is 2.45. The van der Waals surface area contributed by atoms with E-state index in [4.69, 9.17) is 16.3 Å². The lowest BCUT2D eigenvalue weighted by molar-refractivity contribution is -0.147. The van der Waals surface area contributed by atoms with Gasteiger partial charge in [-0.05, 0) is 47.4 Å². The molecule has 1 aliphatic carbocycles. The topological polar surface area (TPSA) is 55.4 Å². The van der Waals surface area contributed by atoms with Gasteiger partial charge < -0.3 is 10.1 Å². The number of thioether (sulfide) groups is 1. The summed E-state index contributed by atoms with van der Waals surface area (Å²) in [7, 11) is 0. The lowest BCUT2D eigenvalue weighted by atomic mass is 9.69. The SMILES string of the molecule is C=C1NC2=C(C(=O)CC(c3ccccc3Cl)C2)C(c2ccc(F)cc2)C1C(=O)OCCSCC. The highest BCUT2D eigenvalue weighted by atomic mass is 35.5. The van der Waals surface area contributed by atoms with Crippen LogP contribution in [0.1, 0.15) is 42.7 Å². The average molecular weight is 500 g/mol. The molecule has 1 aliphatic heterocycles. The van der Waals surface area contributed by atoms with E-state index in [1.807, 2.05) is 31.2 Å². The van der Waals surface area contributed by atoms with Gasteiger partial charge in [0.15, 0.2) is 5.78 Å². The van der Waals surface area contributed by atoms with E-state index < -0.39 is 17.8 Å². The normalized spacial score (nSPS) is 22.3. The number of halogens is 2. The molecule has 0 fully saturated rings. The Morgan fingerprint density at radius 1 is 1.21 bits per heavy atom. The van der Waals surface area contributed by atoms with Crippen LogP contribution in [0.2, 0.25) is 5.02 Å². The smallest absolute Gasteiger partial charge is 0.315 e. The molecule has 7 heteroatoms. The first kappa shape index (κ1) is 24.6. The molecule has 0 amide bonds. The van der Waals surface area contributed by atoms with Crippen molar-refractivity contribution in [2.24, 2.45) is 5.92 Å². The maximum atomic E-state index is 13.7. The summed E-state index contributed by atoms with van der Waals surface area (Å²) in [6.07, 6.45) is 0.847. The molecule has 3 unspecified atom stereocenters. The highest BCUT2D eigenvalue weighted by molar-refractivity contribution is 7.99. The number of nitrogens with one attached hydrogen (secondary N) is 1. The summed E-state index contributed by atoms with van der Waals surface area (Å²) in [5.74, 6) is -0.686. The third-order valence-corrected chi connectivity index (χ3v) is 7.55. The van der Waals surface area contributed by atoms with Gasteiger partial charge in [-0.2, -0.15) is 11.8 Å². The van der Waals surface area contributed by atoms with Crippen LogP contribution in [0.3, 0.4) is 0 Å². The van der Waals surface area contributed by atoms with Crippen LogP contribution in [0.25, 0.3) is 0 Å². The number of rotatable bonds is 7. The zero-order chi connectivity index (χ0) is 24.2. The zero-order valence-corrected chi connectivity index (χ0v) is 20.6. The second-order valence-electron chi connectivity index (χ2n) is 8.46. The van der Waals surface area contributed by atoms with Crippen molar-refractivity contribution in [1.29, 1.82) is 0 Å². The number of carbonyl (C=O) groups is 2. The Kier molecular flexibility index (Phi) is 7.79. The van der Waals surface area contributed by atoms with E-state index in [2.05, 4.69) is 11.9 Å². The Bertz CT molecular complexity index is 1130. The van der Waals surface area contributed by atoms with Gasteiger partial charge in [0.1, 0.15) is 18.3 Å². The fraction of sp³-hybridized carbons (Fsp3) is 0.333. The molecule has 0 radical (unpaired) electrons. The van der Waals surface area contributed by atoms with E-state index in [9.17, 15) is 14.0 Å². The number of allylic oxidation sites excluding steroid dienone is 2. The summed E-state index contributed by atoms with van der Waals surface area (Å²) < 4.78 is 19.3. The molecule has 2 aromatic rings. The molecule has 0 spiro atoms. The number of hydrogen-bond donors (Lipinski definition) is 1. The van der Waals surface area contributed by atoms with E-state index in [0.29, 0.717) is 34.0 Å². The minimum absolute atomic E-state index is 0.0557. The molecule has 34 heavy (non-hydrogen) atoms. The number of carbonyl (C=O) groups excluding carboxylic acids is 2. The Hall–Kier alpha value is -2.57. The third-order valence-electron chi connectivity index (χ3n) is 6.34. The van der Waals surface area contributed by atoms with Crippen LogP contribution >= 0.6 is 23.4 Å². The van der Waals surface area contributed by atoms with Crippen molar-refractivity contribution in [3.63, 3.8) is 0 Å². The van der Waals surface area contributed by atoms with Crippen molar-refractivity contribution < 1.29 is 18.7 Å². The van der Waals surface area contributed by atoms with Crippen LogP contribution in [0.5, 0.6) is 0 Å². The second kappa shape index (κ2) is 10.8. The van der Waals surface area contributed by atoms with Crippen LogP contribution in [0.4, 0.5) is 4.39 Å². The van der Waals surface area contributed by atoms with E-state index in [1.54, 1.807) is 23.9 Å². The zero-order valence-electron chi connectivity index (χ0n) is 19.0. The van der Waals surface area contributed by atoms with E-state index in [0.717, 1.165) is 17.0 Å². The molecular formula is C27H27ClFNO3S. The molecular weight excluding hydrogens is 473 g/mol. The van der Waals surface area contributed by atoms with Gasteiger partial charge in [-0.15, -0.1) is 0 Å². The summed E-state index contributed by atoms with van der Waals surface area (Å²) in [6, 6.07) is 13.5. The van der Waals surface area contributed by atoms with Gasteiger partial charge in [-0.3, -0.25) is 9.59 Å². The van der Waals surface area contributed by atoms with Crippen molar-refractivity contribution >= 4 is 35.1 Å². The molecule has 1 N–H and O–H groups in total. The van der Waals surface area contributed by atoms with Crippen molar-refractivity contribution in [3.8, 4) is 0 Å². The van der Waals surface area contributed by atoms with Gasteiger partial charge >= 0.3 is 5.97 Å². The number of ether oxygens (including phenoxy) is 1. The van der Waals surface area contributed by atoms with Crippen LogP contribution in [-0.2, 0) is 14.3 Å². The lowest BCUT2D eigenvalue weighted by Crippen LogP contribution is -2.42.